The van der Waals surface area contributed by atoms with Crippen LogP contribution in [0.15, 0.2) is 30.4 Å². The van der Waals surface area contributed by atoms with E-state index in [4.69, 9.17) is 0 Å². The summed E-state index contributed by atoms with van der Waals surface area (Å²) in [6.07, 6.45) is 5.10. The first-order valence-corrected chi connectivity index (χ1v) is 10.5. The number of anilines is 1. The quantitative estimate of drug-likeness (QED) is 0.449. The highest BCUT2D eigenvalue weighted by Crippen LogP contribution is 2.49. The second kappa shape index (κ2) is 6.66. The molecule has 2 N–H and O–H groups in total. The molecule has 0 spiro atoms. The van der Waals surface area contributed by atoms with E-state index in [9.17, 15) is 18.5 Å². The molecule has 0 bridgehead atoms. The molecule has 3 rings (SSSR count). The average Bonchev–Trinajstić information content (AvgIpc) is 3.09. The van der Waals surface area contributed by atoms with Gasteiger partial charge in [0.25, 0.3) is 5.69 Å². The highest BCUT2D eigenvalue weighted by atomic mass is 32.2. The smallest absolute Gasteiger partial charge is 0.269 e. The minimum absolute atomic E-state index is 0.0519. The number of allylic oxidation sites excluding steroid dienone is 2. The Morgan fingerprint density at radius 1 is 1.38 bits per heavy atom. The lowest BCUT2D eigenvalue weighted by Crippen LogP contribution is -2.51. The van der Waals surface area contributed by atoms with Crippen molar-refractivity contribution in [1.29, 1.82) is 0 Å². The maximum Gasteiger partial charge on any atom is 0.269 e. The van der Waals surface area contributed by atoms with Crippen LogP contribution in [0.5, 0.6) is 0 Å². The van der Waals surface area contributed by atoms with Crippen LogP contribution in [0.3, 0.4) is 0 Å². The van der Waals surface area contributed by atoms with E-state index < -0.39 is 10.0 Å². The van der Waals surface area contributed by atoms with Crippen LogP contribution in [0.2, 0.25) is 0 Å². The summed E-state index contributed by atoms with van der Waals surface area (Å²) in [5, 5.41) is 14.6. The molecule has 1 aromatic rings. The number of nitrogens with zero attached hydrogens (tertiary/aromatic N) is 1. The molecule has 1 aromatic carbocycles. The highest BCUT2D eigenvalue weighted by Gasteiger charge is 2.44. The van der Waals surface area contributed by atoms with Gasteiger partial charge in [-0.2, -0.15) is 0 Å². The second-order valence-corrected chi connectivity index (χ2v) is 9.81. The normalized spacial score (nSPS) is 24.7. The fourth-order valence-corrected chi connectivity index (χ4v) is 4.77. The Hall–Kier alpha value is -1.93. The molecule has 1 aliphatic heterocycles. The zero-order chi connectivity index (χ0) is 19.1. The standard InChI is InChI=1S/C18H25N3O4S/c1-4-26(24,25)19-11-18(2,3)17-14-7-5-6-13(14)15-10-12(21(22)23)8-9-16(15)20-17/h5-6,8-10,13-14,17,19-20H,4,7,11H2,1-3H3. The summed E-state index contributed by atoms with van der Waals surface area (Å²) in [6, 6.07) is 4.97. The van der Waals surface area contributed by atoms with Gasteiger partial charge in [-0.05, 0) is 36.3 Å². The van der Waals surface area contributed by atoms with E-state index in [1.54, 1.807) is 19.1 Å². The lowest BCUT2D eigenvalue weighted by atomic mass is 9.69. The van der Waals surface area contributed by atoms with Gasteiger partial charge in [-0.3, -0.25) is 10.1 Å². The van der Waals surface area contributed by atoms with Gasteiger partial charge in [0.15, 0.2) is 0 Å². The van der Waals surface area contributed by atoms with E-state index in [0.717, 1.165) is 17.7 Å². The third-order valence-electron chi connectivity index (χ3n) is 5.53. The van der Waals surface area contributed by atoms with Crippen LogP contribution in [0.1, 0.15) is 38.7 Å². The zero-order valence-corrected chi connectivity index (χ0v) is 16.0. The summed E-state index contributed by atoms with van der Waals surface area (Å²) in [7, 11) is -3.26. The Balaban J connectivity index is 1.90. The number of benzene rings is 1. The number of hydrogen-bond acceptors (Lipinski definition) is 5. The van der Waals surface area contributed by atoms with Crippen molar-refractivity contribution < 1.29 is 13.3 Å². The van der Waals surface area contributed by atoms with Crippen molar-refractivity contribution in [3.05, 3.63) is 46.0 Å². The van der Waals surface area contributed by atoms with Crippen molar-refractivity contribution >= 4 is 21.4 Å². The highest BCUT2D eigenvalue weighted by molar-refractivity contribution is 7.89. The van der Waals surface area contributed by atoms with Crippen LogP contribution >= 0.6 is 0 Å². The maximum absolute atomic E-state index is 11.8. The Bertz CT molecular complexity index is 848. The fourth-order valence-electron chi connectivity index (χ4n) is 3.98. The fraction of sp³-hybridized carbons (Fsp3) is 0.556. The number of rotatable bonds is 6. The molecule has 7 nitrogen and oxygen atoms in total. The van der Waals surface area contributed by atoms with Crippen molar-refractivity contribution in [1.82, 2.24) is 4.72 Å². The monoisotopic (exact) mass is 379 g/mol. The van der Waals surface area contributed by atoms with Gasteiger partial charge in [0.05, 0.1) is 10.7 Å². The minimum atomic E-state index is -3.26. The largest absolute Gasteiger partial charge is 0.381 e. The van der Waals surface area contributed by atoms with Crippen LogP contribution in [0.4, 0.5) is 11.4 Å². The minimum Gasteiger partial charge on any atom is -0.381 e. The van der Waals surface area contributed by atoms with Gasteiger partial charge < -0.3 is 5.32 Å². The zero-order valence-electron chi connectivity index (χ0n) is 15.2. The Morgan fingerprint density at radius 3 is 2.77 bits per heavy atom. The molecule has 1 heterocycles. The van der Waals surface area contributed by atoms with E-state index >= 15 is 0 Å². The van der Waals surface area contributed by atoms with E-state index in [-0.39, 0.29) is 39.7 Å². The number of nitro groups is 1. The van der Waals surface area contributed by atoms with E-state index in [2.05, 4.69) is 36.0 Å². The number of sulfonamides is 1. The summed E-state index contributed by atoms with van der Waals surface area (Å²) in [4.78, 5) is 10.7. The number of hydrogen-bond donors (Lipinski definition) is 2. The summed E-state index contributed by atoms with van der Waals surface area (Å²) >= 11 is 0. The van der Waals surface area contributed by atoms with Crippen molar-refractivity contribution in [2.24, 2.45) is 11.3 Å². The molecular weight excluding hydrogens is 354 g/mol. The van der Waals surface area contributed by atoms with Crippen LogP contribution in [-0.2, 0) is 10.0 Å². The van der Waals surface area contributed by atoms with Gasteiger partial charge in [0, 0.05) is 36.3 Å². The van der Waals surface area contributed by atoms with E-state index in [1.807, 2.05) is 0 Å². The van der Waals surface area contributed by atoms with Crippen molar-refractivity contribution in [2.75, 3.05) is 17.6 Å². The summed E-state index contributed by atoms with van der Waals surface area (Å²) in [5.74, 6) is 0.408. The van der Waals surface area contributed by atoms with Crippen molar-refractivity contribution in [2.45, 2.75) is 39.2 Å². The Kier molecular flexibility index (Phi) is 4.83. The van der Waals surface area contributed by atoms with Gasteiger partial charge in [0.1, 0.15) is 0 Å². The predicted octanol–water partition coefficient (Wildman–Crippen LogP) is 3.01. The molecule has 0 radical (unpaired) electrons. The van der Waals surface area contributed by atoms with Crippen LogP contribution in [0, 0.1) is 21.4 Å². The molecule has 8 heteroatoms. The molecule has 3 atom stereocenters. The van der Waals surface area contributed by atoms with Gasteiger partial charge in [-0.25, -0.2) is 13.1 Å². The SMILES string of the molecule is CCS(=O)(=O)NCC(C)(C)C1Nc2ccc([N+](=O)[O-])cc2C2C=CCC21. The lowest BCUT2D eigenvalue weighted by Gasteiger charge is -2.45. The van der Waals surface area contributed by atoms with Gasteiger partial charge >= 0.3 is 0 Å². The molecule has 3 unspecified atom stereocenters. The van der Waals surface area contributed by atoms with Crippen molar-refractivity contribution in [3.63, 3.8) is 0 Å². The Labute approximate surface area is 154 Å². The van der Waals surface area contributed by atoms with Crippen LogP contribution in [-0.4, -0.2) is 31.7 Å². The Morgan fingerprint density at radius 2 is 2.12 bits per heavy atom. The first-order chi connectivity index (χ1) is 12.1. The second-order valence-electron chi connectivity index (χ2n) is 7.72. The molecule has 26 heavy (non-hydrogen) atoms. The first kappa shape index (κ1) is 18.8. The summed E-state index contributed by atoms with van der Waals surface area (Å²) in [6.45, 7) is 6.06. The van der Waals surface area contributed by atoms with Crippen molar-refractivity contribution in [3.8, 4) is 0 Å². The topological polar surface area (TPSA) is 101 Å². The van der Waals surface area contributed by atoms with Gasteiger partial charge in [-0.15, -0.1) is 0 Å². The number of non-ortho nitro benzene ring substituents is 1. The molecule has 1 aliphatic carbocycles. The molecule has 2 aliphatic rings. The third kappa shape index (κ3) is 3.48. The van der Waals surface area contributed by atoms with Gasteiger partial charge in [-0.1, -0.05) is 26.0 Å². The third-order valence-corrected chi connectivity index (χ3v) is 6.87. The number of nitrogens with one attached hydrogen (secondary N) is 2. The molecule has 0 fully saturated rings. The molecule has 0 amide bonds. The molecule has 142 valence electrons. The number of nitro benzene ring substituents is 1. The number of fused-ring (bicyclic) bond motifs is 3. The van der Waals surface area contributed by atoms with Crippen LogP contribution < -0.4 is 10.0 Å². The van der Waals surface area contributed by atoms with E-state index in [1.165, 1.54) is 6.07 Å². The lowest BCUT2D eigenvalue weighted by molar-refractivity contribution is -0.384. The maximum atomic E-state index is 11.8. The van der Waals surface area contributed by atoms with E-state index in [0.29, 0.717) is 6.54 Å². The van der Waals surface area contributed by atoms with Gasteiger partial charge in [0.2, 0.25) is 10.0 Å². The average molecular weight is 379 g/mol. The molecule has 0 saturated carbocycles. The predicted molar refractivity (Wildman–Crippen MR) is 102 cm³/mol. The molecule has 0 aromatic heterocycles. The summed E-state index contributed by atoms with van der Waals surface area (Å²) in [5.41, 5.74) is 1.60. The first-order valence-electron chi connectivity index (χ1n) is 8.83. The molecule has 0 saturated heterocycles. The molecular formula is C18H25N3O4S. The summed E-state index contributed by atoms with van der Waals surface area (Å²) < 4.78 is 26.4. The van der Waals surface area contributed by atoms with Crippen LogP contribution in [0.25, 0.3) is 0 Å².